The molecule has 4 aromatic rings. The van der Waals surface area contributed by atoms with Crippen molar-refractivity contribution in [3.63, 3.8) is 0 Å². The van der Waals surface area contributed by atoms with Gasteiger partial charge in [0.25, 0.3) is 0 Å². The van der Waals surface area contributed by atoms with Gasteiger partial charge in [0.1, 0.15) is 0 Å². The maximum Gasteiger partial charge on any atom is 0.0963 e. The standard InChI is InChI=1S/C26H27N3O/c30-25-10-4-8-22-24(15-16-27-26(22)25)29-20-13-11-18(12-14-20)5-3-6-19-17-28-23-9-2-1-7-21(19)23/h1-2,7,9,11-17,25,28,30H,3-6,8,10H2,(H,27,29). The van der Waals surface area contributed by atoms with Crippen LogP contribution in [-0.4, -0.2) is 15.1 Å². The van der Waals surface area contributed by atoms with Crippen molar-refractivity contribution >= 4 is 22.3 Å². The molecule has 4 nitrogen and oxygen atoms in total. The summed E-state index contributed by atoms with van der Waals surface area (Å²) in [6.45, 7) is 0. The minimum absolute atomic E-state index is 0.435. The summed E-state index contributed by atoms with van der Waals surface area (Å²) in [5.74, 6) is 0. The van der Waals surface area contributed by atoms with Crippen molar-refractivity contribution in [2.45, 2.75) is 44.6 Å². The predicted molar refractivity (Wildman–Crippen MR) is 122 cm³/mol. The molecule has 5 rings (SSSR count). The topological polar surface area (TPSA) is 60.9 Å². The number of aromatic amines is 1. The average molecular weight is 398 g/mol. The predicted octanol–water partition coefficient (Wildman–Crippen LogP) is 5.85. The van der Waals surface area contributed by atoms with E-state index in [1.807, 2.05) is 6.07 Å². The summed E-state index contributed by atoms with van der Waals surface area (Å²) >= 11 is 0. The van der Waals surface area contributed by atoms with Crippen LogP contribution in [0.3, 0.4) is 0 Å². The maximum absolute atomic E-state index is 10.2. The smallest absolute Gasteiger partial charge is 0.0963 e. The first kappa shape index (κ1) is 18.9. The zero-order chi connectivity index (χ0) is 20.3. The Hall–Kier alpha value is -3.11. The van der Waals surface area contributed by atoms with Crippen molar-refractivity contribution in [3.8, 4) is 0 Å². The Morgan fingerprint density at radius 2 is 1.90 bits per heavy atom. The largest absolute Gasteiger partial charge is 0.387 e. The number of aliphatic hydroxyl groups excluding tert-OH is 1. The van der Waals surface area contributed by atoms with Crippen molar-refractivity contribution in [1.29, 1.82) is 0 Å². The third-order valence-corrected chi connectivity index (χ3v) is 6.13. The number of para-hydroxylation sites is 1. The molecule has 1 aliphatic carbocycles. The van der Waals surface area contributed by atoms with Crippen molar-refractivity contribution < 1.29 is 5.11 Å². The second-order valence-electron chi connectivity index (χ2n) is 8.17. The normalized spacial score (nSPS) is 15.8. The van der Waals surface area contributed by atoms with E-state index < -0.39 is 6.10 Å². The van der Waals surface area contributed by atoms with Crippen molar-refractivity contribution in [3.05, 3.63) is 89.4 Å². The number of fused-ring (bicyclic) bond motifs is 2. The van der Waals surface area contributed by atoms with Crippen molar-refractivity contribution in [2.75, 3.05) is 5.32 Å². The van der Waals surface area contributed by atoms with Crippen LogP contribution in [0.4, 0.5) is 11.4 Å². The van der Waals surface area contributed by atoms with Crippen LogP contribution in [0.5, 0.6) is 0 Å². The number of benzene rings is 2. The molecule has 152 valence electrons. The van der Waals surface area contributed by atoms with Gasteiger partial charge in [-0.2, -0.15) is 0 Å². The van der Waals surface area contributed by atoms with E-state index in [4.69, 9.17) is 0 Å². The van der Waals surface area contributed by atoms with Crippen LogP contribution in [0.1, 0.15) is 47.8 Å². The molecule has 30 heavy (non-hydrogen) atoms. The Morgan fingerprint density at radius 3 is 2.80 bits per heavy atom. The third kappa shape index (κ3) is 3.83. The molecule has 0 saturated heterocycles. The molecule has 0 radical (unpaired) electrons. The molecule has 4 heteroatoms. The van der Waals surface area contributed by atoms with Gasteiger partial charge in [-0.05, 0) is 79.5 Å². The second-order valence-corrected chi connectivity index (χ2v) is 8.17. The van der Waals surface area contributed by atoms with Crippen LogP contribution in [0.2, 0.25) is 0 Å². The number of aromatic nitrogens is 2. The fourth-order valence-corrected chi connectivity index (χ4v) is 4.52. The number of aliphatic hydroxyl groups is 1. The Balaban J connectivity index is 1.22. The zero-order valence-corrected chi connectivity index (χ0v) is 17.1. The van der Waals surface area contributed by atoms with Crippen LogP contribution in [-0.2, 0) is 19.3 Å². The lowest BCUT2D eigenvalue weighted by Crippen LogP contribution is -2.13. The van der Waals surface area contributed by atoms with Crippen molar-refractivity contribution in [2.24, 2.45) is 0 Å². The van der Waals surface area contributed by atoms with E-state index in [9.17, 15) is 5.11 Å². The van der Waals surface area contributed by atoms with E-state index in [-0.39, 0.29) is 0 Å². The van der Waals surface area contributed by atoms with E-state index >= 15 is 0 Å². The number of nitrogens with zero attached hydrogens (tertiary/aromatic N) is 1. The molecule has 0 bridgehead atoms. The number of pyridine rings is 1. The molecule has 2 aromatic heterocycles. The monoisotopic (exact) mass is 397 g/mol. The van der Waals surface area contributed by atoms with Gasteiger partial charge in [-0.15, -0.1) is 0 Å². The number of hydrogen-bond acceptors (Lipinski definition) is 3. The molecular formula is C26H27N3O. The van der Waals surface area contributed by atoms with Crippen LogP contribution in [0.15, 0.2) is 67.0 Å². The number of aryl methyl sites for hydroxylation is 2. The lowest BCUT2D eigenvalue weighted by Gasteiger charge is -2.23. The highest BCUT2D eigenvalue weighted by atomic mass is 16.3. The Morgan fingerprint density at radius 1 is 1.03 bits per heavy atom. The molecule has 0 fully saturated rings. The minimum Gasteiger partial charge on any atom is -0.387 e. The fourth-order valence-electron chi connectivity index (χ4n) is 4.52. The van der Waals surface area contributed by atoms with Gasteiger partial charge in [0.05, 0.1) is 11.8 Å². The highest BCUT2D eigenvalue weighted by molar-refractivity contribution is 5.83. The Labute approximate surface area is 177 Å². The molecule has 0 aliphatic heterocycles. The number of H-pyrrole nitrogens is 1. The highest BCUT2D eigenvalue weighted by Crippen LogP contribution is 2.33. The van der Waals surface area contributed by atoms with Crippen LogP contribution in [0, 0.1) is 0 Å². The van der Waals surface area contributed by atoms with Crippen molar-refractivity contribution in [1.82, 2.24) is 9.97 Å². The lowest BCUT2D eigenvalue weighted by molar-refractivity contribution is 0.151. The van der Waals surface area contributed by atoms with E-state index in [1.54, 1.807) is 6.20 Å². The van der Waals surface area contributed by atoms with Crippen LogP contribution in [0.25, 0.3) is 10.9 Å². The van der Waals surface area contributed by atoms with Gasteiger partial charge in [-0.3, -0.25) is 4.98 Å². The second kappa shape index (κ2) is 8.33. The summed E-state index contributed by atoms with van der Waals surface area (Å²) in [7, 11) is 0. The molecular weight excluding hydrogens is 370 g/mol. The average Bonchev–Trinajstić information content (AvgIpc) is 3.19. The molecule has 1 unspecified atom stereocenters. The van der Waals surface area contributed by atoms with E-state index in [2.05, 4.69) is 70.0 Å². The van der Waals surface area contributed by atoms with Gasteiger partial charge in [0, 0.05) is 34.7 Å². The number of rotatable bonds is 6. The van der Waals surface area contributed by atoms with E-state index in [0.29, 0.717) is 0 Å². The van der Waals surface area contributed by atoms with Gasteiger partial charge >= 0.3 is 0 Å². The van der Waals surface area contributed by atoms with Gasteiger partial charge in [0.15, 0.2) is 0 Å². The first-order valence-electron chi connectivity index (χ1n) is 10.8. The molecule has 1 atom stereocenters. The van der Waals surface area contributed by atoms with Gasteiger partial charge in [-0.1, -0.05) is 30.3 Å². The zero-order valence-electron chi connectivity index (χ0n) is 17.1. The number of nitrogens with one attached hydrogen (secondary N) is 2. The molecule has 0 saturated carbocycles. The van der Waals surface area contributed by atoms with E-state index in [0.717, 1.165) is 61.2 Å². The maximum atomic E-state index is 10.2. The summed E-state index contributed by atoms with van der Waals surface area (Å²) in [5.41, 5.74) is 8.09. The van der Waals surface area contributed by atoms with Crippen LogP contribution >= 0.6 is 0 Å². The van der Waals surface area contributed by atoms with Gasteiger partial charge in [0.2, 0.25) is 0 Å². The summed E-state index contributed by atoms with van der Waals surface area (Å²) in [6, 6.07) is 19.2. The molecule has 2 aromatic carbocycles. The Kier molecular flexibility index (Phi) is 5.24. The Bertz CT molecular complexity index is 1150. The molecule has 0 amide bonds. The highest BCUT2D eigenvalue weighted by Gasteiger charge is 2.21. The summed E-state index contributed by atoms with van der Waals surface area (Å²) in [4.78, 5) is 7.76. The fraction of sp³-hybridized carbons (Fsp3) is 0.269. The first-order chi connectivity index (χ1) is 14.8. The van der Waals surface area contributed by atoms with Crippen LogP contribution < -0.4 is 5.32 Å². The number of hydrogen-bond donors (Lipinski definition) is 3. The molecule has 3 N–H and O–H groups in total. The quantitative estimate of drug-likeness (QED) is 0.382. The van der Waals surface area contributed by atoms with Gasteiger partial charge < -0.3 is 15.4 Å². The van der Waals surface area contributed by atoms with Gasteiger partial charge in [-0.25, -0.2) is 0 Å². The lowest BCUT2D eigenvalue weighted by atomic mass is 9.92. The summed E-state index contributed by atoms with van der Waals surface area (Å²) < 4.78 is 0. The first-order valence-corrected chi connectivity index (χ1v) is 10.8. The van der Waals surface area contributed by atoms with E-state index in [1.165, 1.54) is 22.0 Å². The third-order valence-electron chi connectivity index (χ3n) is 6.13. The number of anilines is 2. The molecule has 2 heterocycles. The molecule has 0 spiro atoms. The summed E-state index contributed by atoms with van der Waals surface area (Å²) in [6.07, 6.45) is 9.54. The summed E-state index contributed by atoms with van der Waals surface area (Å²) in [5, 5.41) is 15.1. The SMILES string of the molecule is OC1CCCc2c(Nc3ccc(CCCc4c[nH]c5ccccc45)cc3)ccnc21. The molecule has 1 aliphatic rings. The minimum atomic E-state index is -0.435.